The lowest BCUT2D eigenvalue weighted by atomic mass is 9.82. The molecular formula is C14H27Cl2N5O. The Morgan fingerprint density at radius 1 is 1.36 bits per heavy atom. The van der Waals surface area contributed by atoms with Crippen LogP contribution in [0.1, 0.15) is 32.1 Å². The molecule has 1 aromatic heterocycles. The average Bonchev–Trinajstić information content (AvgIpc) is 2.85. The molecule has 3 N–H and O–H groups in total. The van der Waals surface area contributed by atoms with Crippen LogP contribution in [-0.2, 0) is 11.3 Å². The van der Waals surface area contributed by atoms with Crippen LogP contribution in [0.3, 0.4) is 0 Å². The number of amides is 1. The lowest BCUT2D eigenvalue weighted by molar-refractivity contribution is -0.122. The number of hydrogen-bond donors (Lipinski definition) is 2. The molecule has 0 saturated heterocycles. The Labute approximate surface area is 144 Å². The maximum absolute atomic E-state index is 12.3. The molecule has 128 valence electrons. The molecule has 2 rings (SSSR count). The molecule has 1 fully saturated rings. The molecule has 6 nitrogen and oxygen atoms in total. The lowest BCUT2D eigenvalue weighted by Crippen LogP contribution is -2.52. The van der Waals surface area contributed by atoms with Crippen LogP contribution in [0.15, 0.2) is 12.3 Å². The minimum atomic E-state index is -0.717. The summed E-state index contributed by atoms with van der Waals surface area (Å²) in [5.41, 5.74) is 5.49. The van der Waals surface area contributed by atoms with Crippen molar-refractivity contribution in [2.24, 2.45) is 5.73 Å². The van der Waals surface area contributed by atoms with Gasteiger partial charge in [-0.05, 0) is 26.9 Å². The third-order valence-corrected chi connectivity index (χ3v) is 3.86. The first-order valence-electron chi connectivity index (χ1n) is 7.28. The lowest BCUT2D eigenvalue weighted by Gasteiger charge is -2.31. The van der Waals surface area contributed by atoms with E-state index in [1.54, 1.807) is 0 Å². The van der Waals surface area contributed by atoms with Crippen LogP contribution in [0.2, 0.25) is 0 Å². The van der Waals surface area contributed by atoms with E-state index in [0.717, 1.165) is 38.8 Å². The molecule has 0 atom stereocenters. The van der Waals surface area contributed by atoms with Crippen LogP contribution in [0.5, 0.6) is 0 Å². The van der Waals surface area contributed by atoms with Crippen molar-refractivity contribution in [2.45, 2.75) is 44.2 Å². The van der Waals surface area contributed by atoms with Crippen molar-refractivity contribution in [2.75, 3.05) is 26.0 Å². The zero-order chi connectivity index (χ0) is 14.6. The van der Waals surface area contributed by atoms with Gasteiger partial charge >= 0.3 is 0 Å². The van der Waals surface area contributed by atoms with E-state index in [1.165, 1.54) is 6.42 Å². The molecule has 1 aliphatic carbocycles. The smallest absolute Gasteiger partial charge is 0.245 e. The van der Waals surface area contributed by atoms with E-state index in [2.05, 4.69) is 15.3 Å². The monoisotopic (exact) mass is 351 g/mol. The molecule has 1 saturated carbocycles. The highest BCUT2D eigenvalue weighted by molar-refractivity contribution is 5.97. The minimum Gasteiger partial charge on any atom is -0.317 e. The second-order valence-corrected chi connectivity index (χ2v) is 5.94. The van der Waals surface area contributed by atoms with Crippen LogP contribution >= 0.6 is 24.8 Å². The zero-order valence-electron chi connectivity index (χ0n) is 13.2. The zero-order valence-corrected chi connectivity index (χ0v) is 14.9. The number of nitrogens with one attached hydrogen (secondary N) is 1. The fourth-order valence-electron chi connectivity index (χ4n) is 2.51. The van der Waals surface area contributed by atoms with Crippen molar-refractivity contribution in [1.82, 2.24) is 14.7 Å². The molecule has 8 heteroatoms. The molecule has 0 radical (unpaired) electrons. The topological polar surface area (TPSA) is 76.2 Å². The first-order valence-corrected chi connectivity index (χ1v) is 7.28. The molecule has 1 aromatic rings. The van der Waals surface area contributed by atoms with Crippen molar-refractivity contribution in [3.63, 3.8) is 0 Å². The van der Waals surface area contributed by atoms with Gasteiger partial charge in [0.2, 0.25) is 5.91 Å². The molecule has 0 aromatic carbocycles. The molecule has 0 bridgehead atoms. The summed E-state index contributed by atoms with van der Waals surface area (Å²) in [6.07, 6.45) is 6.64. The van der Waals surface area contributed by atoms with Crippen LogP contribution in [0.25, 0.3) is 0 Å². The van der Waals surface area contributed by atoms with Gasteiger partial charge in [-0.3, -0.25) is 9.48 Å². The molecule has 1 amide bonds. The van der Waals surface area contributed by atoms with Crippen LogP contribution in [0.4, 0.5) is 5.82 Å². The Bertz CT molecular complexity index is 458. The van der Waals surface area contributed by atoms with Crippen LogP contribution < -0.4 is 11.1 Å². The Morgan fingerprint density at radius 2 is 2.00 bits per heavy atom. The van der Waals surface area contributed by atoms with Gasteiger partial charge in [0, 0.05) is 18.8 Å². The van der Waals surface area contributed by atoms with E-state index in [1.807, 2.05) is 31.0 Å². The van der Waals surface area contributed by atoms with Gasteiger partial charge in [0.1, 0.15) is 0 Å². The maximum Gasteiger partial charge on any atom is 0.245 e. The molecule has 0 aliphatic heterocycles. The number of aromatic nitrogens is 2. The Kier molecular flexibility index (Phi) is 9.00. The number of carbonyl (C=O) groups is 1. The standard InChI is InChI=1S/C14H25N5O.2ClH/c1-18(2)10-11-19-9-6-12(17-19)16-13(20)14(15)7-4-3-5-8-14;;/h6,9H,3-5,7-8,10-11,15H2,1-2H3,(H,16,17,20);2*1H. The largest absolute Gasteiger partial charge is 0.317 e. The van der Waals surface area contributed by atoms with Crippen LogP contribution in [0, 0.1) is 0 Å². The van der Waals surface area contributed by atoms with Crippen molar-refractivity contribution in [1.29, 1.82) is 0 Å². The number of nitrogens with zero attached hydrogens (tertiary/aromatic N) is 3. The molecule has 22 heavy (non-hydrogen) atoms. The molecule has 0 spiro atoms. The number of rotatable bonds is 5. The van der Waals surface area contributed by atoms with Crippen molar-refractivity contribution < 1.29 is 4.79 Å². The van der Waals surface area contributed by atoms with Crippen LogP contribution in [-0.4, -0.2) is 46.8 Å². The normalized spacial score (nSPS) is 16.5. The highest BCUT2D eigenvalue weighted by atomic mass is 35.5. The molecular weight excluding hydrogens is 325 g/mol. The van der Waals surface area contributed by atoms with Gasteiger partial charge in [-0.2, -0.15) is 5.10 Å². The Balaban J connectivity index is 0.00000220. The number of likely N-dealkylation sites (N-methyl/N-ethyl adjacent to an activating group) is 1. The van der Waals surface area contributed by atoms with Gasteiger partial charge in [0.25, 0.3) is 0 Å². The first kappa shape index (κ1) is 21.2. The van der Waals surface area contributed by atoms with Gasteiger partial charge in [0.05, 0.1) is 12.1 Å². The van der Waals surface area contributed by atoms with Gasteiger partial charge in [-0.15, -0.1) is 24.8 Å². The summed E-state index contributed by atoms with van der Waals surface area (Å²) in [6.45, 7) is 1.71. The summed E-state index contributed by atoms with van der Waals surface area (Å²) in [6, 6.07) is 1.82. The summed E-state index contributed by atoms with van der Waals surface area (Å²) < 4.78 is 1.83. The van der Waals surface area contributed by atoms with Gasteiger partial charge in [-0.1, -0.05) is 19.3 Å². The van der Waals surface area contributed by atoms with E-state index in [0.29, 0.717) is 5.82 Å². The highest BCUT2D eigenvalue weighted by Crippen LogP contribution is 2.26. The predicted molar refractivity (Wildman–Crippen MR) is 93.9 cm³/mol. The summed E-state index contributed by atoms with van der Waals surface area (Å²) >= 11 is 0. The maximum atomic E-state index is 12.3. The van der Waals surface area contributed by atoms with Gasteiger partial charge < -0.3 is 16.0 Å². The van der Waals surface area contributed by atoms with E-state index >= 15 is 0 Å². The first-order chi connectivity index (χ1) is 9.49. The van der Waals surface area contributed by atoms with Gasteiger partial charge in [-0.25, -0.2) is 0 Å². The quantitative estimate of drug-likeness (QED) is 0.849. The Morgan fingerprint density at radius 3 is 2.59 bits per heavy atom. The summed E-state index contributed by atoms with van der Waals surface area (Å²) in [5, 5.41) is 7.20. The van der Waals surface area contributed by atoms with E-state index in [-0.39, 0.29) is 30.7 Å². The van der Waals surface area contributed by atoms with Crippen molar-refractivity contribution in [3.8, 4) is 0 Å². The minimum absolute atomic E-state index is 0. The summed E-state index contributed by atoms with van der Waals surface area (Å²) in [4.78, 5) is 14.4. The van der Waals surface area contributed by atoms with Gasteiger partial charge in [0.15, 0.2) is 5.82 Å². The number of halogens is 2. The van der Waals surface area contributed by atoms with E-state index < -0.39 is 5.54 Å². The SMILES string of the molecule is CN(C)CCn1ccc(NC(=O)C2(N)CCCCC2)n1.Cl.Cl. The molecule has 1 aliphatic rings. The summed E-state index contributed by atoms with van der Waals surface area (Å²) in [7, 11) is 4.04. The third-order valence-electron chi connectivity index (χ3n) is 3.86. The summed E-state index contributed by atoms with van der Waals surface area (Å²) in [5.74, 6) is 0.485. The van der Waals surface area contributed by atoms with Crippen molar-refractivity contribution >= 4 is 36.5 Å². The number of anilines is 1. The number of hydrogen-bond acceptors (Lipinski definition) is 4. The molecule has 0 unspecified atom stereocenters. The number of nitrogens with two attached hydrogens (primary N) is 1. The van der Waals surface area contributed by atoms with Crippen molar-refractivity contribution in [3.05, 3.63) is 12.3 Å². The highest BCUT2D eigenvalue weighted by Gasteiger charge is 2.35. The number of carbonyl (C=O) groups excluding carboxylic acids is 1. The van der Waals surface area contributed by atoms with E-state index in [9.17, 15) is 4.79 Å². The third kappa shape index (κ3) is 5.76. The Hall–Kier alpha value is -0.820. The second kappa shape index (κ2) is 9.35. The van der Waals surface area contributed by atoms with E-state index in [4.69, 9.17) is 5.73 Å². The fraction of sp³-hybridized carbons (Fsp3) is 0.714. The average molecular weight is 352 g/mol. The predicted octanol–water partition coefficient (Wildman–Crippen LogP) is 1.89. The molecule has 1 heterocycles. The fourth-order valence-corrected chi connectivity index (χ4v) is 2.51. The second-order valence-electron chi connectivity index (χ2n) is 5.94.